The third-order valence-electron chi connectivity index (χ3n) is 5.50. The molecule has 11 nitrogen and oxygen atoms in total. The van der Waals surface area contributed by atoms with Crippen LogP contribution in [0.4, 0.5) is 0 Å². The highest BCUT2D eigenvalue weighted by molar-refractivity contribution is 5.90. The van der Waals surface area contributed by atoms with Crippen molar-refractivity contribution >= 4 is 16.9 Å². The van der Waals surface area contributed by atoms with Crippen molar-refractivity contribution in [2.45, 2.75) is 56.9 Å². The number of rotatable bonds is 10. The maximum Gasteiger partial charge on any atom is 0.306 e. The van der Waals surface area contributed by atoms with Crippen LogP contribution in [0.25, 0.3) is 11.0 Å². The Morgan fingerprint density at radius 3 is 2.45 bits per heavy atom. The fraction of sp³-hybridized carbons (Fsp3) is 0.591. The number of aryl methyl sites for hydroxylation is 1. The lowest BCUT2D eigenvalue weighted by molar-refractivity contribution is -0.277. The van der Waals surface area contributed by atoms with Crippen LogP contribution in [0.1, 0.15) is 24.5 Å². The molecular formula is C22H30O11. The van der Waals surface area contributed by atoms with Crippen LogP contribution >= 0.6 is 0 Å². The van der Waals surface area contributed by atoms with Crippen LogP contribution in [-0.2, 0) is 27.1 Å². The highest BCUT2D eigenvalue weighted by Crippen LogP contribution is 2.43. The number of benzene rings is 1. The zero-order valence-corrected chi connectivity index (χ0v) is 18.5. The van der Waals surface area contributed by atoms with E-state index in [1.54, 1.807) is 13.0 Å². The zero-order valence-electron chi connectivity index (χ0n) is 18.5. The number of methoxy groups -OCH3 is 1. The van der Waals surface area contributed by atoms with E-state index in [1.807, 2.05) is 0 Å². The number of furan rings is 1. The number of fused-ring (bicyclic) bond motifs is 1. The molecule has 1 saturated heterocycles. The standard InChI is InChI=1S/C22H30O11/c1-3-30-15(25)5-4-11-8-13-12(6-7-23)10-31-20(13)21(29-2)19(11)33-22-18(28)17(27)16(26)14(9-24)32-22/h8,10,14,16-18,22-24,26-28H,3-7,9H2,1-2H3/t14-,16-,17+,18-,22-/m1/s1. The Morgan fingerprint density at radius 2 is 1.82 bits per heavy atom. The summed E-state index contributed by atoms with van der Waals surface area (Å²) in [6, 6.07) is 1.73. The third kappa shape index (κ3) is 5.24. The molecule has 0 unspecified atom stereocenters. The largest absolute Gasteiger partial charge is 0.490 e. The Kier molecular flexibility index (Phi) is 8.51. The van der Waals surface area contributed by atoms with Gasteiger partial charge in [0.05, 0.1) is 26.6 Å². The van der Waals surface area contributed by atoms with E-state index in [1.165, 1.54) is 13.4 Å². The van der Waals surface area contributed by atoms with Crippen molar-refractivity contribution in [3.8, 4) is 11.5 Å². The van der Waals surface area contributed by atoms with E-state index in [0.29, 0.717) is 23.0 Å². The summed E-state index contributed by atoms with van der Waals surface area (Å²) in [5.41, 5.74) is 1.55. The Labute approximate surface area is 190 Å². The van der Waals surface area contributed by atoms with Gasteiger partial charge < -0.3 is 48.9 Å². The molecule has 5 atom stereocenters. The minimum absolute atomic E-state index is 0.0285. The molecule has 11 heteroatoms. The van der Waals surface area contributed by atoms with Crippen LogP contribution in [0.2, 0.25) is 0 Å². The SMILES string of the molecule is CCOC(=O)CCc1cc2c(CCO)coc2c(OC)c1O[C@H]1O[C@H](CO)[C@@H](O)[C@H](O)[C@H]1O. The van der Waals surface area contributed by atoms with Crippen LogP contribution in [0.5, 0.6) is 11.5 Å². The number of carbonyl (C=O) groups excluding carboxylic acids is 1. The number of aliphatic hydroxyl groups excluding tert-OH is 5. The van der Waals surface area contributed by atoms with Crippen molar-refractivity contribution in [2.24, 2.45) is 0 Å². The molecule has 0 bridgehead atoms. The van der Waals surface area contributed by atoms with E-state index in [9.17, 15) is 30.3 Å². The second kappa shape index (κ2) is 11.1. The molecule has 1 aliphatic heterocycles. The van der Waals surface area contributed by atoms with E-state index < -0.39 is 43.3 Å². The lowest BCUT2D eigenvalue weighted by atomic mass is 9.99. The summed E-state index contributed by atoms with van der Waals surface area (Å²) in [7, 11) is 1.39. The van der Waals surface area contributed by atoms with Gasteiger partial charge in [0.2, 0.25) is 12.0 Å². The lowest BCUT2D eigenvalue weighted by Gasteiger charge is -2.39. The van der Waals surface area contributed by atoms with Crippen molar-refractivity contribution in [3.05, 3.63) is 23.5 Å². The van der Waals surface area contributed by atoms with Gasteiger partial charge in [-0.05, 0) is 31.4 Å². The molecule has 1 aliphatic rings. The van der Waals surface area contributed by atoms with Gasteiger partial charge in [-0.2, -0.15) is 0 Å². The van der Waals surface area contributed by atoms with Gasteiger partial charge in [0, 0.05) is 24.0 Å². The van der Waals surface area contributed by atoms with Gasteiger partial charge in [-0.1, -0.05) is 0 Å². The Balaban J connectivity index is 2.03. The molecule has 2 aromatic rings. The van der Waals surface area contributed by atoms with Crippen molar-refractivity contribution in [1.29, 1.82) is 0 Å². The van der Waals surface area contributed by atoms with Gasteiger partial charge in [0.15, 0.2) is 11.3 Å². The molecule has 2 heterocycles. The van der Waals surface area contributed by atoms with Gasteiger partial charge in [-0.15, -0.1) is 0 Å². The van der Waals surface area contributed by atoms with Gasteiger partial charge in [-0.3, -0.25) is 4.79 Å². The van der Waals surface area contributed by atoms with Crippen molar-refractivity contribution < 1.29 is 53.7 Å². The smallest absolute Gasteiger partial charge is 0.306 e. The fourth-order valence-electron chi connectivity index (χ4n) is 3.79. The van der Waals surface area contributed by atoms with E-state index in [-0.39, 0.29) is 37.6 Å². The number of hydrogen-bond donors (Lipinski definition) is 5. The first kappa shape index (κ1) is 25.2. The molecule has 0 saturated carbocycles. The molecule has 184 valence electrons. The van der Waals surface area contributed by atoms with E-state index >= 15 is 0 Å². The average molecular weight is 470 g/mol. The number of aliphatic hydroxyl groups is 5. The first-order valence-corrected chi connectivity index (χ1v) is 10.7. The van der Waals surface area contributed by atoms with E-state index in [0.717, 1.165) is 5.56 Å². The molecule has 1 aromatic heterocycles. The Morgan fingerprint density at radius 1 is 1.06 bits per heavy atom. The topological polar surface area (TPSA) is 168 Å². The summed E-state index contributed by atoms with van der Waals surface area (Å²) in [4.78, 5) is 12.0. The number of ether oxygens (including phenoxy) is 4. The predicted octanol–water partition coefficient (Wildman–Crippen LogP) is -0.349. The Hall–Kier alpha value is -2.41. The van der Waals surface area contributed by atoms with Gasteiger partial charge in [-0.25, -0.2) is 0 Å². The molecule has 0 aliphatic carbocycles. The molecule has 5 N–H and O–H groups in total. The summed E-state index contributed by atoms with van der Waals surface area (Å²) in [5, 5.41) is 50.0. The first-order valence-electron chi connectivity index (χ1n) is 10.7. The lowest BCUT2D eigenvalue weighted by Crippen LogP contribution is -2.60. The van der Waals surface area contributed by atoms with Crippen LogP contribution in [0.3, 0.4) is 0 Å². The highest BCUT2D eigenvalue weighted by atomic mass is 16.7. The molecule has 0 radical (unpaired) electrons. The quantitative estimate of drug-likeness (QED) is 0.288. The minimum Gasteiger partial charge on any atom is -0.490 e. The number of hydrogen-bond acceptors (Lipinski definition) is 11. The van der Waals surface area contributed by atoms with Crippen molar-refractivity contribution in [1.82, 2.24) is 0 Å². The molecule has 0 spiro atoms. The predicted molar refractivity (Wildman–Crippen MR) is 113 cm³/mol. The van der Waals surface area contributed by atoms with Gasteiger partial charge >= 0.3 is 5.97 Å². The molecule has 3 rings (SSSR count). The molecule has 1 fully saturated rings. The van der Waals surface area contributed by atoms with Gasteiger partial charge in [0.25, 0.3) is 0 Å². The zero-order chi connectivity index (χ0) is 24.1. The second-order valence-electron chi connectivity index (χ2n) is 7.63. The summed E-state index contributed by atoms with van der Waals surface area (Å²) in [6.07, 6.45) is -5.39. The second-order valence-corrected chi connectivity index (χ2v) is 7.63. The molecule has 0 amide bonds. The van der Waals surface area contributed by atoms with Crippen molar-refractivity contribution in [2.75, 3.05) is 26.9 Å². The van der Waals surface area contributed by atoms with E-state index in [2.05, 4.69) is 0 Å². The maximum absolute atomic E-state index is 12.0. The average Bonchev–Trinajstić information content (AvgIpc) is 3.20. The monoisotopic (exact) mass is 470 g/mol. The van der Waals surface area contributed by atoms with Crippen LogP contribution in [0.15, 0.2) is 16.7 Å². The minimum atomic E-state index is -1.64. The molecular weight excluding hydrogens is 440 g/mol. The summed E-state index contributed by atoms with van der Waals surface area (Å²) < 4.78 is 27.5. The van der Waals surface area contributed by atoms with Crippen LogP contribution in [0, 0.1) is 0 Å². The normalized spacial score (nSPS) is 25.2. The Bertz CT molecular complexity index is 938. The molecule has 1 aromatic carbocycles. The fourth-order valence-corrected chi connectivity index (χ4v) is 3.79. The van der Waals surface area contributed by atoms with Crippen LogP contribution in [-0.4, -0.2) is 89.1 Å². The number of carbonyl (C=O) groups is 1. The highest BCUT2D eigenvalue weighted by Gasteiger charge is 2.45. The first-order chi connectivity index (χ1) is 15.9. The van der Waals surface area contributed by atoms with Gasteiger partial charge in [0.1, 0.15) is 24.4 Å². The third-order valence-corrected chi connectivity index (χ3v) is 5.50. The summed E-state index contributed by atoms with van der Waals surface area (Å²) in [6.45, 7) is 1.22. The number of esters is 1. The van der Waals surface area contributed by atoms with Crippen molar-refractivity contribution in [3.63, 3.8) is 0 Å². The summed E-state index contributed by atoms with van der Waals surface area (Å²) >= 11 is 0. The molecule has 33 heavy (non-hydrogen) atoms. The summed E-state index contributed by atoms with van der Waals surface area (Å²) in [5.74, 6) is -0.158. The maximum atomic E-state index is 12.0. The van der Waals surface area contributed by atoms with Crippen LogP contribution < -0.4 is 9.47 Å². The van der Waals surface area contributed by atoms with E-state index in [4.69, 9.17) is 23.4 Å².